The molecule has 2 aliphatic rings. The Morgan fingerprint density at radius 3 is 2.60 bits per heavy atom. The van der Waals surface area contributed by atoms with Crippen LogP contribution in [-0.2, 0) is 16.1 Å². The second-order valence-electron chi connectivity index (χ2n) is 8.51. The summed E-state index contributed by atoms with van der Waals surface area (Å²) >= 11 is 1.56. The van der Waals surface area contributed by atoms with Gasteiger partial charge in [-0.25, -0.2) is 9.37 Å². The molecule has 0 spiro atoms. The molecule has 0 unspecified atom stereocenters. The van der Waals surface area contributed by atoms with E-state index in [1.807, 2.05) is 5.38 Å². The fraction of sp³-hybridized carbons (Fsp3) is 0.500. The first-order valence-corrected chi connectivity index (χ1v) is 11.2. The predicted molar refractivity (Wildman–Crippen MR) is 114 cm³/mol. The molecule has 1 aromatic heterocycles. The predicted octanol–water partition coefficient (Wildman–Crippen LogP) is 2.85. The van der Waals surface area contributed by atoms with Crippen molar-refractivity contribution in [2.75, 3.05) is 26.7 Å². The molecule has 6 nitrogen and oxygen atoms in total. The van der Waals surface area contributed by atoms with Crippen LogP contribution < -0.4 is 0 Å². The minimum atomic E-state index is -0.420. The van der Waals surface area contributed by atoms with E-state index >= 15 is 0 Å². The summed E-state index contributed by atoms with van der Waals surface area (Å²) in [7, 11) is 1.75. The summed E-state index contributed by atoms with van der Waals surface area (Å²) in [5, 5.41) is 2.92. The third kappa shape index (κ3) is 4.11. The summed E-state index contributed by atoms with van der Waals surface area (Å²) in [6.45, 7) is 6.59. The van der Waals surface area contributed by atoms with Crippen LogP contribution in [-0.4, -0.2) is 70.3 Å². The van der Waals surface area contributed by atoms with Crippen molar-refractivity contribution >= 4 is 23.2 Å². The smallest absolute Gasteiger partial charge is 0.247 e. The average Bonchev–Trinajstić information content (AvgIpc) is 3.18. The highest BCUT2D eigenvalue weighted by Crippen LogP contribution is 2.27. The van der Waals surface area contributed by atoms with Crippen LogP contribution in [0.5, 0.6) is 0 Å². The fourth-order valence-corrected chi connectivity index (χ4v) is 5.08. The lowest BCUT2D eigenvalue weighted by Gasteiger charge is -2.48. The maximum atomic E-state index is 13.1. The van der Waals surface area contributed by atoms with E-state index in [1.54, 1.807) is 40.3 Å². The third-order valence-electron chi connectivity index (χ3n) is 5.88. The third-order valence-corrected chi connectivity index (χ3v) is 6.71. The van der Waals surface area contributed by atoms with Gasteiger partial charge in [-0.2, -0.15) is 0 Å². The minimum absolute atomic E-state index is 0.0242. The van der Waals surface area contributed by atoms with Crippen LogP contribution in [0.1, 0.15) is 25.3 Å². The Morgan fingerprint density at radius 2 is 1.90 bits per heavy atom. The summed E-state index contributed by atoms with van der Waals surface area (Å²) in [5.41, 5.74) is 1.71. The average molecular weight is 431 g/mol. The number of benzene rings is 1. The molecule has 2 amide bonds. The van der Waals surface area contributed by atoms with Crippen LogP contribution in [0.25, 0.3) is 11.3 Å². The largest absolute Gasteiger partial charge is 0.332 e. The zero-order chi connectivity index (χ0) is 21.4. The second kappa shape index (κ2) is 8.43. The molecule has 8 heteroatoms. The van der Waals surface area contributed by atoms with Crippen LogP contribution in [0.2, 0.25) is 0 Å². The number of aromatic nitrogens is 1. The van der Waals surface area contributed by atoms with Gasteiger partial charge in [0.15, 0.2) is 0 Å². The summed E-state index contributed by atoms with van der Waals surface area (Å²) in [6.07, 6.45) is 0.694. The van der Waals surface area contributed by atoms with Crippen LogP contribution in [0.4, 0.5) is 4.39 Å². The zero-order valence-corrected chi connectivity index (χ0v) is 18.4. The SMILES string of the molecule is CC(C)C[C@H]1C(=O)N2CCN(Cc3nc(-c4ccc(F)cc4)cs3)C[C@@H]2C(=O)N1C. The van der Waals surface area contributed by atoms with Crippen molar-refractivity contribution in [2.45, 2.75) is 38.9 Å². The number of rotatable bonds is 5. The normalized spacial score (nSPS) is 22.7. The molecule has 2 fully saturated rings. The van der Waals surface area contributed by atoms with Crippen molar-refractivity contribution in [1.29, 1.82) is 0 Å². The van der Waals surface area contributed by atoms with Gasteiger partial charge < -0.3 is 9.80 Å². The van der Waals surface area contributed by atoms with E-state index in [-0.39, 0.29) is 23.7 Å². The summed E-state index contributed by atoms with van der Waals surface area (Å²) in [6, 6.07) is 5.55. The molecular formula is C22H27FN4O2S. The monoisotopic (exact) mass is 430 g/mol. The summed E-state index contributed by atoms with van der Waals surface area (Å²) < 4.78 is 13.1. The van der Waals surface area contributed by atoms with E-state index in [1.165, 1.54) is 12.1 Å². The molecule has 0 bridgehead atoms. The first-order chi connectivity index (χ1) is 14.3. The van der Waals surface area contributed by atoms with E-state index < -0.39 is 6.04 Å². The number of carbonyl (C=O) groups is 2. The highest BCUT2D eigenvalue weighted by molar-refractivity contribution is 7.09. The lowest BCUT2D eigenvalue weighted by Crippen LogP contribution is -2.69. The van der Waals surface area contributed by atoms with Crippen LogP contribution in [0.15, 0.2) is 29.6 Å². The lowest BCUT2D eigenvalue weighted by atomic mass is 9.95. The quantitative estimate of drug-likeness (QED) is 0.732. The van der Waals surface area contributed by atoms with Gasteiger partial charge in [0.1, 0.15) is 22.9 Å². The molecule has 3 heterocycles. The molecule has 160 valence electrons. The number of nitrogens with zero attached hydrogens (tertiary/aromatic N) is 4. The van der Waals surface area contributed by atoms with Crippen LogP contribution in [0.3, 0.4) is 0 Å². The van der Waals surface area contributed by atoms with E-state index in [0.29, 0.717) is 32.0 Å². The van der Waals surface area contributed by atoms with Crippen molar-refractivity contribution in [1.82, 2.24) is 19.7 Å². The highest BCUT2D eigenvalue weighted by Gasteiger charge is 2.46. The van der Waals surface area contributed by atoms with E-state index in [0.717, 1.165) is 22.8 Å². The van der Waals surface area contributed by atoms with E-state index in [4.69, 9.17) is 0 Å². The first kappa shape index (κ1) is 20.9. The van der Waals surface area contributed by atoms with Crippen molar-refractivity contribution in [3.8, 4) is 11.3 Å². The number of hydrogen-bond acceptors (Lipinski definition) is 5. The van der Waals surface area contributed by atoms with Gasteiger partial charge in [0, 0.05) is 37.6 Å². The number of halogens is 1. The minimum Gasteiger partial charge on any atom is -0.332 e. The van der Waals surface area contributed by atoms with E-state index in [9.17, 15) is 14.0 Å². The number of fused-ring (bicyclic) bond motifs is 1. The fourth-order valence-electron chi connectivity index (χ4n) is 4.24. The van der Waals surface area contributed by atoms with Gasteiger partial charge >= 0.3 is 0 Å². The van der Waals surface area contributed by atoms with Crippen molar-refractivity contribution in [3.05, 3.63) is 40.5 Å². The molecule has 0 N–H and O–H groups in total. The van der Waals surface area contributed by atoms with Crippen molar-refractivity contribution in [3.63, 3.8) is 0 Å². The van der Waals surface area contributed by atoms with Crippen molar-refractivity contribution in [2.24, 2.45) is 5.92 Å². The maximum Gasteiger partial charge on any atom is 0.247 e. The molecule has 0 radical (unpaired) electrons. The Balaban J connectivity index is 1.43. The topological polar surface area (TPSA) is 56.8 Å². The molecule has 2 aromatic rings. The molecule has 0 saturated carbocycles. The van der Waals surface area contributed by atoms with Crippen molar-refractivity contribution < 1.29 is 14.0 Å². The molecule has 30 heavy (non-hydrogen) atoms. The molecule has 2 saturated heterocycles. The number of thiazole rings is 1. The van der Waals surface area contributed by atoms with E-state index in [2.05, 4.69) is 23.7 Å². The Bertz CT molecular complexity index is 929. The number of hydrogen-bond donors (Lipinski definition) is 0. The lowest BCUT2D eigenvalue weighted by molar-refractivity contribution is -0.164. The zero-order valence-electron chi connectivity index (χ0n) is 17.5. The molecule has 1 aromatic carbocycles. The maximum absolute atomic E-state index is 13.1. The molecule has 0 aliphatic carbocycles. The molecule has 4 rings (SSSR count). The summed E-state index contributed by atoms with van der Waals surface area (Å²) in [5.74, 6) is 0.186. The first-order valence-electron chi connectivity index (χ1n) is 10.3. The van der Waals surface area contributed by atoms with Crippen LogP contribution in [0, 0.1) is 11.7 Å². The van der Waals surface area contributed by atoms with Gasteiger partial charge in [-0.15, -0.1) is 11.3 Å². The number of carbonyl (C=O) groups excluding carboxylic acids is 2. The standard InChI is InChI=1S/C22H27FN4O2S/c1-14(2)10-18-22(29)27-9-8-26(11-19(27)21(28)25(18)3)12-20-24-17(13-30-20)15-4-6-16(23)7-5-15/h4-7,13-14,18-19H,8-12H2,1-3H3/t18-,19+/m0/s1. The number of piperazine rings is 2. The van der Waals surface area contributed by atoms with Gasteiger partial charge in [0.2, 0.25) is 11.8 Å². The van der Waals surface area contributed by atoms with Crippen LogP contribution >= 0.6 is 11.3 Å². The molecule has 2 aliphatic heterocycles. The van der Waals surface area contributed by atoms with Gasteiger partial charge in [-0.05, 0) is 36.6 Å². The van der Waals surface area contributed by atoms with Gasteiger partial charge in [-0.1, -0.05) is 13.8 Å². The Kier molecular flexibility index (Phi) is 5.88. The highest BCUT2D eigenvalue weighted by atomic mass is 32.1. The Labute approximate surface area is 180 Å². The number of likely N-dealkylation sites (N-methyl/N-ethyl adjacent to an activating group) is 1. The summed E-state index contributed by atoms with van der Waals surface area (Å²) in [4.78, 5) is 36.2. The van der Waals surface area contributed by atoms with Gasteiger partial charge in [0.05, 0.1) is 12.2 Å². The molecule has 2 atom stereocenters. The number of amides is 2. The Morgan fingerprint density at radius 1 is 1.17 bits per heavy atom. The molecular weight excluding hydrogens is 403 g/mol. The van der Waals surface area contributed by atoms with Gasteiger partial charge in [0.25, 0.3) is 0 Å². The second-order valence-corrected chi connectivity index (χ2v) is 9.45. The Hall–Kier alpha value is -2.32. The van der Waals surface area contributed by atoms with Gasteiger partial charge in [-0.3, -0.25) is 14.5 Å².